The lowest BCUT2D eigenvalue weighted by molar-refractivity contribution is -0.167. The van der Waals surface area contributed by atoms with Crippen LogP contribution in [0.15, 0.2) is 36.5 Å². The Morgan fingerprint density at radius 1 is 0.345 bits per heavy atom. The smallest absolute Gasteiger partial charge is 0.306 e. The molecule has 0 aromatic rings. The molecule has 0 amide bonds. The first-order valence-electron chi connectivity index (χ1n) is 25.0. The van der Waals surface area contributed by atoms with Gasteiger partial charge in [-0.25, -0.2) is 0 Å². The van der Waals surface area contributed by atoms with Gasteiger partial charge in [-0.3, -0.25) is 14.4 Å². The van der Waals surface area contributed by atoms with Crippen LogP contribution in [-0.4, -0.2) is 37.2 Å². The van der Waals surface area contributed by atoms with Gasteiger partial charge in [0.2, 0.25) is 0 Å². The summed E-state index contributed by atoms with van der Waals surface area (Å²) in [5, 5.41) is 0. The number of rotatable bonds is 45. The van der Waals surface area contributed by atoms with Crippen molar-refractivity contribution < 1.29 is 28.6 Å². The SMILES string of the molecule is CCCCC/C=C\C=C/CCCCCCCCC(=O)OCC(COC(=O)CCCCCCC/C=C\CCCCC)OC(=O)CCCCCCCCCCCCCCC. The third kappa shape index (κ3) is 44.7. The van der Waals surface area contributed by atoms with Crippen LogP contribution in [0.2, 0.25) is 0 Å². The van der Waals surface area contributed by atoms with Gasteiger partial charge >= 0.3 is 17.9 Å². The molecule has 0 saturated heterocycles. The summed E-state index contributed by atoms with van der Waals surface area (Å²) in [5.41, 5.74) is 0. The van der Waals surface area contributed by atoms with Gasteiger partial charge in [-0.2, -0.15) is 0 Å². The minimum absolute atomic E-state index is 0.0779. The first-order valence-corrected chi connectivity index (χ1v) is 25.0. The van der Waals surface area contributed by atoms with E-state index in [2.05, 4.69) is 57.2 Å². The molecule has 0 aliphatic heterocycles. The van der Waals surface area contributed by atoms with E-state index < -0.39 is 6.10 Å². The molecule has 0 fully saturated rings. The average molecular weight is 815 g/mol. The Kier molecular flexibility index (Phi) is 45.4. The van der Waals surface area contributed by atoms with E-state index in [9.17, 15) is 14.4 Å². The monoisotopic (exact) mass is 815 g/mol. The number of carbonyl (C=O) groups is 3. The van der Waals surface area contributed by atoms with Gasteiger partial charge in [-0.15, -0.1) is 0 Å². The number of esters is 3. The molecule has 0 bridgehead atoms. The van der Waals surface area contributed by atoms with E-state index in [1.165, 1.54) is 148 Å². The molecule has 6 heteroatoms. The lowest BCUT2D eigenvalue weighted by Crippen LogP contribution is -2.30. The first-order chi connectivity index (χ1) is 28.5. The number of unbranched alkanes of at least 4 members (excludes halogenated alkanes) is 29. The van der Waals surface area contributed by atoms with Crippen LogP contribution in [0.5, 0.6) is 0 Å². The van der Waals surface area contributed by atoms with E-state index in [1.807, 2.05) is 0 Å². The summed E-state index contributed by atoms with van der Waals surface area (Å²) in [6.07, 6.45) is 54.0. The summed E-state index contributed by atoms with van der Waals surface area (Å²) in [7, 11) is 0. The molecule has 0 spiro atoms. The maximum atomic E-state index is 12.8. The average Bonchev–Trinajstić information content (AvgIpc) is 3.22. The van der Waals surface area contributed by atoms with Crippen molar-refractivity contribution in [3.63, 3.8) is 0 Å². The first kappa shape index (κ1) is 55.6. The third-order valence-electron chi connectivity index (χ3n) is 10.9. The Morgan fingerprint density at radius 3 is 1.00 bits per heavy atom. The van der Waals surface area contributed by atoms with E-state index in [1.54, 1.807) is 0 Å². The van der Waals surface area contributed by atoms with E-state index in [-0.39, 0.29) is 31.1 Å². The molecule has 0 aliphatic rings. The number of ether oxygens (including phenoxy) is 3. The fourth-order valence-electron chi connectivity index (χ4n) is 7.07. The standard InChI is InChI=1S/C52H94O6/c1-4-7-10-13-16-19-22-25-26-28-30-33-36-39-42-45-51(54)57-48-49(47-56-50(53)44-41-38-35-32-29-24-21-18-15-12-9-6-3)58-52(55)46-43-40-37-34-31-27-23-20-17-14-11-8-5-2/h16,18-19,21-22,25,49H,4-15,17,20,23-24,26-48H2,1-3H3/b19-16-,21-18-,25-22-. The highest BCUT2D eigenvalue weighted by atomic mass is 16.6. The Labute approximate surface area is 359 Å². The molecular weight excluding hydrogens is 721 g/mol. The molecule has 0 aromatic heterocycles. The minimum Gasteiger partial charge on any atom is -0.462 e. The number of carbonyl (C=O) groups excluding carboxylic acids is 3. The van der Waals surface area contributed by atoms with Crippen molar-refractivity contribution in [3.8, 4) is 0 Å². The quantitative estimate of drug-likeness (QED) is 0.0200. The Balaban J connectivity index is 4.38. The molecule has 0 N–H and O–H groups in total. The largest absolute Gasteiger partial charge is 0.462 e. The van der Waals surface area contributed by atoms with Crippen LogP contribution in [0.4, 0.5) is 0 Å². The highest BCUT2D eigenvalue weighted by Gasteiger charge is 2.19. The van der Waals surface area contributed by atoms with Crippen molar-refractivity contribution in [1.82, 2.24) is 0 Å². The normalized spacial score (nSPS) is 12.3. The van der Waals surface area contributed by atoms with Crippen molar-refractivity contribution in [2.45, 2.75) is 264 Å². The second-order valence-corrected chi connectivity index (χ2v) is 16.8. The topological polar surface area (TPSA) is 78.9 Å². The molecule has 0 radical (unpaired) electrons. The lowest BCUT2D eigenvalue weighted by atomic mass is 10.0. The van der Waals surface area contributed by atoms with E-state index in [0.29, 0.717) is 19.3 Å². The molecule has 1 atom stereocenters. The van der Waals surface area contributed by atoms with Gasteiger partial charge in [0.1, 0.15) is 13.2 Å². The van der Waals surface area contributed by atoms with Gasteiger partial charge in [0.15, 0.2) is 6.10 Å². The van der Waals surface area contributed by atoms with Crippen LogP contribution in [0.1, 0.15) is 258 Å². The number of hydrogen-bond acceptors (Lipinski definition) is 6. The van der Waals surface area contributed by atoms with Crippen molar-refractivity contribution in [1.29, 1.82) is 0 Å². The zero-order valence-corrected chi connectivity index (χ0v) is 38.6. The Hall–Kier alpha value is -2.37. The van der Waals surface area contributed by atoms with Gasteiger partial charge in [-0.1, -0.05) is 205 Å². The van der Waals surface area contributed by atoms with Gasteiger partial charge in [-0.05, 0) is 70.6 Å². The maximum Gasteiger partial charge on any atom is 0.306 e. The van der Waals surface area contributed by atoms with Crippen LogP contribution in [0.25, 0.3) is 0 Å². The van der Waals surface area contributed by atoms with Crippen molar-refractivity contribution in [2.75, 3.05) is 13.2 Å². The third-order valence-corrected chi connectivity index (χ3v) is 10.9. The predicted molar refractivity (Wildman–Crippen MR) is 247 cm³/mol. The highest BCUT2D eigenvalue weighted by molar-refractivity contribution is 5.71. The molecular formula is C52H94O6. The fraction of sp³-hybridized carbons (Fsp3) is 0.827. The van der Waals surface area contributed by atoms with Crippen molar-refractivity contribution in [3.05, 3.63) is 36.5 Å². The molecule has 6 nitrogen and oxygen atoms in total. The summed E-state index contributed by atoms with van der Waals surface area (Å²) in [6, 6.07) is 0. The zero-order valence-electron chi connectivity index (χ0n) is 38.6. The molecule has 0 aliphatic carbocycles. The van der Waals surface area contributed by atoms with Crippen molar-refractivity contribution >= 4 is 17.9 Å². The Morgan fingerprint density at radius 2 is 0.621 bits per heavy atom. The minimum atomic E-state index is -0.775. The van der Waals surface area contributed by atoms with Gasteiger partial charge < -0.3 is 14.2 Å². The second-order valence-electron chi connectivity index (χ2n) is 16.8. The van der Waals surface area contributed by atoms with Gasteiger partial charge in [0, 0.05) is 19.3 Å². The van der Waals surface area contributed by atoms with E-state index in [4.69, 9.17) is 14.2 Å². The summed E-state index contributed by atoms with van der Waals surface area (Å²) in [5.74, 6) is -0.890. The summed E-state index contributed by atoms with van der Waals surface area (Å²) in [6.45, 7) is 6.58. The summed E-state index contributed by atoms with van der Waals surface area (Å²) in [4.78, 5) is 37.9. The molecule has 58 heavy (non-hydrogen) atoms. The number of allylic oxidation sites excluding steroid dienone is 6. The maximum absolute atomic E-state index is 12.8. The summed E-state index contributed by atoms with van der Waals surface area (Å²) < 4.78 is 16.8. The number of hydrogen-bond donors (Lipinski definition) is 0. The molecule has 0 heterocycles. The zero-order chi connectivity index (χ0) is 42.3. The highest BCUT2D eigenvalue weighted by Crippen LogP contribution is 2.15. The van der Waals surface area contributed by atoms with Gasteiger partial charge in [0.05, 0.1) is 0 Å². The summed E-state index contributed by atoms with van der Waals surface area (Å²) >= 11 is 0. The molecule has 0 rings (SSSR count). The lowest BCUT2D eigenvalue weighted by Gasteiger charge is -2.18. The Bertz CT molecular complexity index is 984. The predicted octanol–water partition coefficient (Wildman–Crippen LogP) is 16.1. The van der Waals surface area contributed by atoms with E-state index in [0.717, 1.165) is 70.6 Å². The van der Waals surface area contributed by atoms with Crippen LogP contribution < -0.4 is 0 Å². The van der Waals surface area contributed by atoms with Gasteiger partial charge in [0.25, 0.3) is 0 Å². The van der Waals surface area contributed by atoms with Crippen molar-refractivity contribution in [2.24, 2.45) is 0 Å². The molecule has 338 valence electrons. The molecule has 0 aromatic carbocycles. The van der Waals surface area contributed by atoms with Crippen LogP contribution in [-0.2, 0) is 28.6 Å². The van der Waals surface area contributed by atoms with Crippen LogP contribution in [0, 0.1) is 0 Å². The fourth-order valence-corrected chi connectivity index (χ4v) is 7.07. The van der Waals surface area contributed by atoms with E-state index >= 15 is 0 Å². The van der Waals surface area contributed by atoms with Crippen LogP contribution >= 0.6 is 0 Å². The second kappa shape index (κ2) is 47.3. The van der Waals surface area contributed by atoms with Crippen LogP contribution in [0.3, 0.4) is 0 Å². The molecule has 0 saturated carbocycles. The molecule has 1 unspecified atom stereocenters.